The zero-order chi connectivity index (χ0) is 32.3. The van der Waals surface area contributed by atoms with Crippen LogP contribution in [-0.4, -0.2) is 0 Å². The molecule has 0 radical (unpaired) electrons. The van der Waals surface area contributed by atoms with Gasteiger partial charge >= 0.3 is 0 Å². The van der Waals surface area contributed by atoms with Crippen LogP contribution in [0, 0.1) is 0 Å². The topological polar surface area (TPSA) is 13.1 Å². The van der Waals surface area contributed by atoms with Crippen molar-refractivity contribution in [1.82, 2.24) is 0 Å². The summed E-state index contributed by atoms with van der Waals surface area (Å²) in [7, 11) is 0. The molecule has 1 heteroatoms. The Morgan fingerprint density at radius 3 is 1.45 bits per heavy atom. The summed E-state index contributed by atoms with van der Waals surface area (Å²) >= 11 is 0. The van der Waals surface area contributed by atoms with Gasteiger partial charge in [-0.1, -0.05) is 158 Å². The Kier molecular flexibility index (Phi) is 6.25. The second-order valence-electron chi connectivity index (χ2n) is 12.8. The normalized spacial score (nSPS) is 11.7. The van der Waals surface area contributed by atoms with E-state index in [-0.39, 0.29) is 0 Å². The van der Waals surface area contributed by atoms with E-state index >= 15 is 0 Å². The molecule has 0 bridgehead atoms. The first-order valence-corrected chi connectivity index (χ1v) is 16.9. The lowest BCUT2D eigenvalue weighted by molar-refractivity contribution is 0.669. The van der Waals surface area contributed by atoms with Crippen molar-refractivity contribution >= 4 is 54.3 Å². The molecule has 0 spiro atoms. The third kappa shape index (κ3) is 4.33. The average molecular weight is 623 g/mol. The Morgan fingerprint density at radius 1 is 0.265 bits per heavy atom. The Bertz CT molecular complexity index is 2800. The fourth-order valence-electron chi connectivity index (χ4n) is 7.95. The molecule has 0 aliphatic carbocycles. The average Bonchev–Trinajstić information content (AvgIpc) is 3.55. The fraction of sp³-hybridized carbons (Fsp3) is 0. The molecule has 10 rings (SSSR count). The molecule has 0 aliphatic heterocycles. The minimum atomic E-state index is 0.906. The van der Waals surface area contributed by atoms with Crippen molar-refractivity contribution in [2.45, 2.75) is 0 Å². The fourth-order valence-corrected chi connectivity index (χ4v) is 7.95. The van der Waals surface area contributed by atoms with Crippen molar-refractivity contribution in [3.05, 3.63) is 182 Å². The molecular weight excluding hydrogens is 593 g/mol. The van der Waals surface area contributed by atoms with Crippen molar-refractivity contribution in [1.29, 1.82) is 0 Å². The molecule has 0 fully saturated rings. The van der Waals surface area contributed by atoms with Crippen LogP contribution >= 0.6 is 0 Å². The van der Waals surface area contributed by atoms with Crippen LogP contribution < -0.4 is 0 Å². The third-order valence-corrected chi connectivity index (χ3v) is 10.0. The van der Waals surface area contributed by atoms with Crippen molar-refractivity contribution < 1.29 is 4.42 Å². The molecule has 0 aliphatic rings. The van der Waals surface area contributed by atoms with Crippen LogP contribution in [0.15, 0.2) is 186 Å². The SMILES string of the molecule is c1ccc(-c2cc3ccccc3c(-c3ccccc3)c2-c2c3ccccc3c(-c3ccc4c(c3)oc3ccccc34)c3ccccc23)cc1. The number of furan rings is 1. The lowest BCUT2D eigenvalue weighted by Crippen LogP contribution is -1.96. The van der Waals surface area contributed by atoms with Crippen molar-refractivity contribution in [2.24, 2.45) is 0 Å². The van der Waals surface area contributed by atoms with Gasteiger partial charge in [0.25, 0.3) is 0 Å². The van der Waals surface area contributed by atoms with Gasteiger partial charge in [-0.3, -0.25) is 0 Å². The van der Waals surface area contributed by atoms with Gasteiger partial charge in [-0.25, -0.2) is 0 Å². The van der Waals surface area contributed by atoms with Gasteiger partial charge in [0.05, 0.1) is 0 Å². The van der Waals surface area contributed by atoms with E-state index < -0.39 is 0 Å². The molecule has 0 N–H and O–H groups in total. The molecule has 49 heavy (non-hydrogen) atoms. The molecule has 9 aromatic carbocycles. The van der Waals surface area contributed by atoms with E-state index in [2.05, 4.69) is 170 Å². The standard InChI is InChI=1S/C48H30O/c1-3-15-31(16-4-1)42-29-33-19-7-8-20-35(33)46(32-17-5-2-6-18-32)48(42)47-40-24-11-9-22-38(40)45(39-23-10-12-25-41(39)47)34-27-28-37-36-21-13-14-26-43(36)49-44(37)30-34/h1-30H. The van der Waals surface area contributed by atoms with E-state index in [1.807, 2.05) is 12.1 Å². The number of para-hydroxylation sites is 1. The molecule has 0 atom stereocenters. The van der Waals surface area contributed by atoms with Gasteiger partial charge < -0.3 is 4.42 Å². The summed E-state index contributed by atoms with van der Waals surface area (Å²) in [4.78, 5) is 0. The van der Waals surface area contributed by atoms with Crippen molar-refractivity contribution in [3.8, 4) is 44.5 Å². The molecule has 0 unspecified atom stereocenters. The van der Waals surface area contributed by atoms with Crippen LogP contribution in [0.5, 0.6) is 0 Å². The minimum Gasteiger partial charge on any atom is -0.456 e. The summed E-state index contributed by atoms with van der Waals surface area (Å²) in [5.74, 6) is 0. The summed E-state index contributed by atoms with van der Waals surface area (Å²) in [5, 5.41) is 9.66. The van der Waals surface area contributed by atoms with Gasteiger partial charge in [0, 0.05) is 10.8 Å². The number of rotatable bonds is 4. The van der Waals surface area contributed by atoms with E-state index in [1.54, 1.807) is 0 Å². The lowest BCUT2D eigenvalue weighted by atomic mass is 9.79. The smallest absolute Gasteiger partial charge is 0.136 e. The number of hydrogen-bond donors (Lipinski definition) is 0. The maximum Gasteiger partial charge on any atom is 0.136 e. The van der Waals surface area contributed by atoms with E-state index in [9.17, 15) is 0 Å². The van der Waals surface area contributed by atoms with Gasteiger partial charge in [-0.15, -0.1) is 0 Å². The molecule has 10 aromatic rings. The molecule has 1 aromatic heterocycles. The van der Waals surface area contributed by atoms with Crippen molar-refractivity contribution in [2.75, 3.05) is 0 Å². The summed E-state index contributed by atoms with van der Waals surface area (Å²) in [6.45, 7) is 0. The molecular formula is C48H30O. The highest BCUT2D eigenvalue weighted by atomic mass is 16.3. The molecule has 0 amide bonds. The van der Waals surface area contributed by atoms with E-state index in [0.717, 1.165) is 27.5 Å². The number of hydrogen-bond acceptors (Lipinski definition) is 1. The zero-order valence-corrected chi connectivity index (χ0v) is 26.7. The van der Waals surface area contributed by atoms with Gasteiger partial charge in [0.15, 0.2) is 0 Å². The van der Waals surface area contributed by atoms with Crippen LogP contribution in [0.3, 0.4) is 0 Å². The van der Waals surface area contributed by atoms with Crippen molar-refractivity contribution in [3.63, 3.8) is 0 Å². The van der Waals surface area contributed by atoms with Gasteiger partial charge in [0.2, 0.25) is 0 Å². The highest BCUT2D eigenvalue weighted by Gasteiger charge is 2.24. The predicted molar refractivity (Wildman–Crippen MR) is 208 cm³/mol. The molecule has 1 nitrogen and oxygen atoms in total. The first-order chi connectivity index (χ1) is 24.3. The predicted octanol–water partition coefficient (Wildman–Crippen LogP) is 13.7. The third-order valence-electron chi connectivity index (χ3n) is 10.0. The van der Waals surface area contributed by atoms with Crippen LogP contribution in [-0.2, 0) is 0 Å². The second kappa shape index (κ2) is 11.1. The van der Waals surface area contributed by atoms with E-state index in [0.29, 0.717) is 0 Å². The Hall–Kier alpha value is -6.44. The molecule has 228 valence electrons. The van der Waals surface area contributed by atoms with E-state index in [4.69, 9.17) is 4.42 Å². The lowest BCUT2D eigenvalue weighted by Gasteiger charge is -2.24. The Morgan fingerprint density at radius 2 is 0.776 bits per heavy atom. The Labute approximate surface area is 284 Å². The number of fused-ring (bicyclic) bond motifs is 6. The number of benzene rings is 9. The minimum absolute atomic E-state index is 0.906. The van der Waals surface area contributed by atoms with Crippen LogP contribution in [0.4, 0.5) is 0 Å². The van der Waals surface area contributed by atoms with E-state index in [1.165, 1.54) is 71.3 Å². The largest absolute Gasteiger partial charge is 0.456 e. The summed E-state index contributed by atoms with van der Waals surface area (Å²) < 4.78 is 6.40. The summed E-state index contributed by atoms with van der Waals surface area (Å²) in [6, 6.07) is 65.9. The van der Waals surface area contributed by atoms with Gasteiger partial charge in [-0.05, 0) is 101 Å². The van der Waals surface area contributed by atoms with Crippen LogP contribution in [0.25, 0.3) is 98.8 Å². The highest BCUT2D eigenvalue weighted by molar-refractivity contribution is 6.26. The highest BCUT2D eigenvalue weighted by Crippen LogP contribution is 2.51. The summed E-state index contributed by atoms with van der Waals surface area (Å²) in [6.07, 6.45) is 0. The Balaban J connectivity index is 1.38. The van der Waals surface area contributed by atoms with Crippen LogP contribution in [0.2, 0.25) is 0 Å². The van der Waals surface area contributed by atoms with Gasteiger partial charge in [0.1, 0.15) is 11.2 Å². The first kappa shape index (κ1) is 27.7. The maximum absolute atomic E-state index is 6.40. The second-order valence-corrected chi connectivity index (χ2v) is 12.8. The maximum atomic E-state index is 6.40. The van der Waals surface area contributed by atoms with Crippen LogP contribution in [0.1, 0.15) is 0 Å². The first-order valence-electron chi connectivity index (χ1n) is 16.9. The molecule has 1 heterocycles. The quantitative estimate of drug-likeness (QED) is 0.178. The van der Waals surface area contributed by atoms with Gasteiger partial charge in [-0.2, -0.15) is 0 Å². The molecule has 0 saturated carbocycles. The summed E-state index contributed by atoms with van der Waals surface area (Å²) in [5.41, 5.74) is 11.6. The monoisotopic (exact) mass is 622 g/mol. The zero-order valence-electron chi connectivity index (χ0n) is 26.7. The molecule has 0 saturated heterocycles.